The van der Waals surface area contributed by atoms with E-state index in [1.807, 2.05) is 6.07 Å². The van der Waals surface area contributed by atoms with Crippen molar-refractivity contribution in [2.75, 3.05) is 6.61 Å². The Bertz CT molecular complexity index is 897. The van der Waals surface area contributed by atoms with Gasteiger partial charge in [0.25, 0.3) is 5.56 Å². The summed E-state index contributed by atoms with van der Waals surface area (Å²) in [5.41, 5.74) is -0.412. The number of fused-ring (bicyclic) bond motifs is 1. The first-order valence-corrected chi connectivity index (χ1v) is 7.47. The molecule has 4 unspecified atom stereocenters. The molecule has 2 aromatic rings. The second-order valence-corrected chi connectivity index (χ2v) is 5.90. The Morgan fingerprint density at radius 1 is 1.29 bits per heavy atom. The molecule has 11 nitrogen and oxygen atoms in total. The van der Waals surface area contributed by atoms with E-state index in [9.17, 15) is 15.0 Å². The van der Waals surface area contributed by atoms with E-state index in [1.54, 1.807) is 0 Å². The number of hydrogen-bond acceptors (Lipinski definition) is 9. The van der Waals surface area contributed by atoms with Crippen LogP contribution in [-0.2, 0) is 4.74 Å². The number of hydrogen-bond donors (Lipinski definition) is 3. The minimum atomic E-state index is -1.45. The molecule has 24 heavy (non-hydrogen) atoms. The van der Waals surface area contributed by atoms with Crippen LogP contribution in [0.15, 0.2) is 4.79 Å². The third kappa shape index (κ3) is 2.05. The highest BCUT2D eigenvalue weighted by molar-refractivity contribution is 5.78. The van der Waals surface area contributed by atoms with Crippen LogP contribution in [0.5, 0.6) is 0 Å². The van der Waals surface area contributed by atoms with Crippen molar-refractivity contribution < 1.29 is 20.1 Å². The van der Waals surface area contributed by atoms with E-state index in [4.69, 9.17) is 15.1 Å². The summed E-state index contributed by atoms with van der Waals surface area (Å²) in [6.07, 6.45) is -3.42. The van der Waals surface area contributed by atoms with Crippen molar-refractivity contribution in [3.8, 4) is 6.07 Å². The highest BCUT2D eigenvalue weighted by Gasteiger charge is 2.45. The first kappa shape index (κ1) is 15.2. The summed E-state index contributed by atoms with van der Waals surface area (Å²) in [5.74, 6) is 0. The molecule has 0 bridgehead atoms. The van der Waals surface area contributed by atoms with Crippen molar-refractivity contribution in [2.45, 2.75) is 43.4 Å². The standard InChI is InChI=1S/C13H14N6O5/c14-3-6-8-9(18(16-6)5-1-2-5)12(23)19(17-15-8)13-11(22)10(21)7(4-20)24-13/h5,7,10-11,13,20-22H,1-2,4H2. The molecule has 11 heteroatoms. The molecule has 0 aromatic carbocycles. The molecular weight excluding hydrogens is 320 g/mol. The predicted molar refractivity (Wildman–Crippen MR) is 75.6 cm³/mol. The highest BCUT2D eigenvalue weighted by Crippen LogP contribution is 2.36. The van der Waals surface area contributed by atoms with Gasteiger partial charge in [-0.1, -0.05) is 5.21 Å². The number of aliphatic hydroxyl groups excluding tert-OH is 3. The van der Waals surface area contributed by atoms with Crippen LogP contribution in [0.25, 0.3) is 11.0 Å². The van der Waals surface area contributed by atoms with E-state index >= 15 is 0 Å². The first-order chi connectivity index (χ1) is 11.6. The lowest BCUT2D eigenvalue weighted by Gasteiger charge is -2.15. The van der Waals surface area contributed by atoms with Crippen molar-refractivity contribution in [3.05, 3.63) is 16.0 Å². The van der Waals surface area contributed by atoms with Crippen molar-refractivity contribution in [1.82, 2.24) is 24.8 Å². The van der Waals surface area contributed by atoms with Crippen LogP contribution >= 0.6 is 0 Å². The quantitative estimate of drug-likeness (QED) is 0.566. The van der Waals surface area contributed by atoms with Crippen molar-refractivity contribution >= 4 is 11.0 Å². The Morgan fingerprint density at radius 2 is 2.04 bits per heavy atom. The van der Waals surface area contributed by atoms with E-state index in [-0.39, 0.29) is 22.8 Å². The Kier molecular flexibility index (Phi) is 3.36. The predicted octanol–water partition coefficient (Wildman–Crippen LogP) is -2.19. The first-order valence-electron chi connectivity index (χ1n) is 7.47. The van der Waals surface area contributed by atoms with Crippen LogP contribution in [0.1, 0.15) is 30.8 Å². The number of nitrogens with zero attached hydrogens (tertiary/aromatic N) is 6. The van der Waals surface area contributed by atoms with Crippen LogP contribution in [-0.4, -0.2) is 65.0 Å². The van der Waals surface area contributed by atoms with E-state index in [0.29, 0.717) is 0 Å². The van der Waals surface area contributed by atoms with Gasteiger partial charge in [0.05, 0.1) is 12.6 Å². The maximum absolute atomic E-state index is 12.8. The molecule has 1 saturated heterocycles. The lowest BCUT2D eigenvalue weighted by atomic mass is 10.1. The summed E-state index contributed by atoms with van der Waals surface area (Å²) in [6.45, 7) is -0.516. The third-order valence-corrected chi connectivity index (χ3v) is 4.29. The average Bonchev–Trinajstić information content (AvgIpc) is 3.30. The number of rotatable bonds is 3. The van der Waals surface area contributed by atoms with Crippen molar-refractivity contribution in [3.63, 3.8) is 0 Å². The van der Waals surface area contributed by atoms with Crippen LogP contribution in [0.4, 0.5) is 0 Å². The number of aliphatic hydroxyl groups is 3. The molecule has 0 spiro atoms. The lowest BCUT2D eigenvalue weighted by Crippen LogP contribution is -2.37. The highest BCUT2D eigenvalue weighted by atomic mass is 16.6. The minimum absolute atomic E-state index is 0.00908. The summed E-state index contributed by atoms with van der Waals surface area (Å²) in [6, 6.07) is 1.92. The normalized spacial score (nSPS) is 29.9. The molecule has 2 aromatic heterocycles. The molecule has 4 rings (SSSR count). The topological polar surface area (TPSA) is 159 Å². The fourth-order valence-electron chi connectivity index (χ4n) is 2.87. The summed E-state index contributed by atoms with van der Waals surface area (Å²) >= 11 is 0. The van der Waals surface area contributed by atoms with E-state index in [2.05, 4.69) is 15.4 Å². The van der Waals surface area contributed by atoms with E-state index in [0.717, 1.165) is 17.5 Å². The molecule has 2 aliphatic rings. The van der Waals surface area contributed by atoms with Crippen LogP contribution < -0.4 is 5.56 Å². The van der Waals surface area contributed by atoms with Gasteiger partial charge in [-0.3, -0.25) is 9.48 Å². The van der Waals surface area contributed by atoms with Gasteiger partial charge in [0.1, 0.15) is 24.4 Å². The Labute approximate surface area is 134 Å². The molecule has 4 atom stereocenters. The fourth-order valence-corrected chi connectivity index (χ4v) is 2.87. The molecule has 1 saturated carbocycles. The summed E-state index contributed by atoms with van der Waals surface area (Å²) in [5, 5.41) is 49.9. The van der Waals surface area contributed by atoms with Gasteiger partial charge in [-0.15, -0.1) is 5.10 Å². The van der Waals surface area contributed by atoms with Gasteiger partial charge in [-0.25, -0.2) is 0 Å². The smallest absolute Gasteiger partial charge is 0.298 e. The maximum atomic E-state index is 12.8. The van der Waals surface area contributed by atoms with Crippen LogP contribution in [0.3, 0.4) is 0 Å². The Morgan fingerprint density at radius 3 is 2.62 bits per heavy atom. The van der Waals surface area contributed by atoms with Gasteiger partial charge in [0.15, 0.2) is 23.0 Å². The zero-order valence-corrected chi connectivity index (χ0v) is 12.3. The van der Waals surface area contributed by atoms with E-state index < -0.39 is 36.7 Å². The van der Waals surface area contributed by atoms with Crippen LogP contribution in [0.2, 0.25) is 0 Å². The fraction of sp³-hybridized carbons (Fsp3) is 0.615. The monoisotopic (exact) mass is 334 g/mol. The summed E-state index contributed by atoms with van der Waals surface area (Å²) in [4.78, 5) is 12.8. The van der Waals surface area contributed by atoms with Crippen LogP contribution in [0, 0.1) is 11.3 Å². The molecule has 1 aliphatic carbocycles. The van der Waals surface area contributed by atoms with Gasteiger partial charge in [0, 0.05) is 0 Å². The molecule has 0 amide bonds. The molecule has 3 N–H and O–H groups in total. The number of nitriles is 1. The third-order valence-electron chi connectivity index (χ3n) is 4.29. The zero-order chi connectivity index (χ0) is 17.0. The summed E-state index contributed by atoms with van der Waals surface area (Å²) in [7, 11) is 0. The zero-order valence-electron chi connectivity index (χ0n) is 12.3. The second kappa shape index (κ2) is 5.32. The van der Waals surface area contributed by atoms with Gasteiger partial charge in [0.2, 0.25) is 0 Å². The molecule has 126 valence electrons. The molecule has 3 heterocycles. The van der Waals surface area contributed by atoms with Gasteiger partial charge in [-0.05, 0) is 12.8 Å². The SMILES string of the molecule is N#Cc1nn(C2CC2)c2c(=O)n(C3OC(CO)C(O)C3O)nnc12. The maximum Gasteiger partial charge on any atom is 0.298 e. The average molecular weight is 334 g/mol. The molecular formula is C13H14N6O5. The van der Waals surface area contributed by atoms with Gasteiger partial charge in [-0.2, -0.15) is 15.0 Å². The Balaban J connectivity index is 1.86. The lowest BCUT2D eigenvalue weighted by molar-refractivity contribution is -0.0619. The second-order valence-electron chi connectivity index (χ2n) is 5.90. The number of aromatic nitrogens is 5. The Hall–Kier alpha value is -2.39. The largest absolute Gasteiger partial charge is 0.394 e. The molecule has 1 aliphatic heterocycles. The molecule has 2 fully saturated rings. The minimum Gasteiger partial charge on any atom is -0.394 e. The summed E-state index contributed by atoms with van der Waals surface area (Å²) < 4.78 is 7.59. The van der Waals surface area contributed by atoms with Crippen molar-refractivity contribution in [1.29, 1.82) is 5.26 Å². The van der Waals surface area contributed by atoms with Gasteiger partial charge >= 0.3 is 0 Å². The number of ether oxygens (including phenoxy) is 1. The van der Waals surface area contributed by atoms with Crippen molar-refractivity contribution in [2.24, 2.45) is 0 Å². The van der Waals surface area contributed by atoms with E-state index in [1.165, 1.54) is 4.68 Å². The molecule has 0 radical (unpaired) electrons. The van der Waals surface area contributed by atoms with Gasteiger partial charge < -0.3 is 20.1 Å².